The molecule has 2 amide bonds. The molecule has 0 aromatic heterocycles. The van der Waals surface area contributed by atoms with E-state index in [1.165, 1.54) is 0 Å². The molecule has 2 aromatic carbocycles. The summed E-state index contributed by atoms with van der Waals surface area (Å²) in [4.78, 5) is 24.8. The Morgan fingerprint density at radius 2 is 2.00 bits per heavy atom. The second-order valence-corrected chi connectivity index (χ2v) is 7.72. The summed E-state index contributed by atoms with van der Waals surface area (Å²) >= 11 is 6.52. The maximum absolute atomic E-state index is 12.1. The van der Waals surface area contributed by atoms with E-state index in [-0.39, 0.29) is 6.03 Å². The molecule has 1 unspecified atom stereocenters. The Hall–Kier alpha value is -3.51. The van der Waals surface area contributed by atoms with Crippen LogP contribution in [0.1, 0.15) is 12.5 Å². The van der Waals surface area contributed by atoms with E-state index < -0.39 is 5.54 Å². The number of nitrogens with one attached hydrogen (secondary N) is 2. The highest BCUT2D eigenvalue weighted by atomic mass is 35.5. The molecular weight excluding hydrogens is 414 g/mol. The SMILES string of the molecule is C=C1NC(=O)NC1(CN(C)/C=C\C=C(\C)C=O)c1ccc(Oc2ccccc2)c(Cl)c1. The number of carbonyl (C=O) groups excluding carboxylic acids is 2. The fourth-order valence-corrected chi connectivity index (χ4v) is 3.51. The average molecular weight is 438 g/mol. The van der Waals surface area contributed by atoms with Crippen LogP contribution in [0.2, 0.25) is 5.02 Å². The van der Waals surface area contributed by atoms with Crippen LogP contribution in [0, 0.1) is 0 Å². The lowest BCUT2D eigenvalue weighted by Crippen LogP contribution is -2.47. The summed E-state index contributed by atoms with van der Waals surface area (Å²) in [7, 11) is 1.87. The predicted octanol–water partition coefficient (Wildman–Crippen LogP) is 4.74. The van der Waals surface area contributed by atoms with Gasteiger partial charge in [0.2, 0.25) is 0 Å². The molecule has 3 rings (SSSR count). The number of amides is 2. The Balaban J connectivity index is 1.88. The number of likely N-dealkylation sites (N-methyl/N-ethyl adjacent to an activating group) is 1. The number of ether oxygens (including phenoxy) is 1. The van der Waals surface area contributed by atoms with Crippen LogP contribution in [-0.4, -0.2) is 30.8 Å². The van der Waals surface area contributed by atoms with Crippen LogP contribution in [0.5, 0.6) is 11.5 Å². The molecule has 1 aliphatic heterocycles. The van der Waals surface area contributed by atoms with E-state index in [9.17, 15) is 9.59 Å². The van der Waals surface area contributed by atoms with Gasteiger partial charge in [0, 0.05) is 12.7 Å². The number of benzene rings is 2. The third-order valence-electron chi connectivity index (χ3n) is 4.87. The summed E-state index contributed by atoms with van der Waals surface area (Å²) in [5.41, 5.74) is 1.00. The average Bonchev–Trinajstić information content (AvgIpc) is 3.03. The first kappa shape index (κ1) is 22.2. The van der Waals surface area contributed by atoms with Crippen molar-refractivity contribution in [2.75, 3.05) is 13.6 Å². The maximum Gasteiger partial charge on any atom is 0.320 e. The van der Waals surface area contributed by atoms with Gasteiger partial charge >= 0.3 is 6.03 Å². The standard InChI is InChI=1S/C24H24ClN3O3/c1-17(15-29)8-7-13-28(3)16-24(18(2)26-23(30)27-24)19-11-12-22(21(25)14-19)31-20-9-5-4-6-10-20/h4-15H,2,16H2,1,3H3,(H2,26,27,30)/b13-7-,17-8-. The highest BCUT2D eigenvalue weighted by Gasteiger charge is 2.44. The molecule has 1 atom stereocenters. The normalized spacial score (nSPS) is 18.6. The minimum atomic E-state index is -0.894. The second kappa shape index (κ2) is 9.53. The molecule has 1 fully saturated rings. The highest BCUT2D eigenvalue weighted by molar-refractivity contribution is 6.32. The van der Waals surface area contributed by atoms with Gasteiger partial charge in [0.05, 0.1) is 11.6 Å². The Kier molecular flexibility index (Phi) is 6.82. The van der Waals surface area contributed by atoms with Crippen molar-refractivity contribution in [1.29, 1.82) is 0 Å². The number of carbonyl (C=O) groups is 2. The molecule has 0 saturated carbocycles. The Morgan fingerprint density at radius 1 is 1.26 bits per heavy atom. The van der Waals surface area contributed by atoms with Gasteiger partial charge in [-0.15, -0.1) is 0 Å². The molecule has 2 N–H and O–H groups in total. The summed E-state index contributed by atoms with van der Waals surface area (Å²) in [6, 6.07) is 14.4. The molecule has 31 heavy (non-hydrogen) atoms. The number of hydrogen-bond donors (Lipinski definition) is 2. The van der Waals surface area contributed by atoms with E-state index >= 15 is 0 Å². The minimum Gasteiger partial charge on any atom is -0.456 e. The van der Waals surface area contributed by atoms with Gasteiger partial charge < -0.3 is 20.3 Å². The van der Waals surface area contributed by atoms with Crippen LogP contribution in [0.4, 0.5) is 4.79 Å². The van der Waals surface area contributed by atoms with Crippen molar-refractivity contribution in [3.05, 3.63) is 95.3 Å². The number of urea groups is 1. The first-order valence-corrected chi connectivity index (χ1v) is 10.0. The van der Waals surface area contributed by atoms with Gasteiger partial charge in [-0.2, -0.15) is 0 Å². The van der Waals surface area contributed by atoms with E-state index in [1.54, 1.807) is 31.2 Å². The van der Waals surface area contributed by atoms with E-state index in [2.05, 4.69) is 17.2 Å². The third kappa shape index (κ3) is 5.16. The summed E-state index contributed by atoms with van der Waals surface area (Å²) in [5, 5.41) is 6.13. The van der Waals surface area contributed by atoms with Crippen molar-refractivity contribution >= 4 is 23.9 Å². The van der Waals surface area contributed by atoms with Gasteiger partial charge in [-0.05, 0) is 54.6 Å². The molecular formula is C24H24ClN3O3. The topological polar surface area (TPSA) is 70.7 Å². The quantitative estimate of drug-likeness (QED) is 0.355. The van der Waals surface area contributed by atoms with Gasteiger partial charge in [0.1, 0.15) is 23.3 Å². The van der Waals surface area contributed by atoms with E-state index in [0.717, 1.165) is 11.8 Å². The molecule has 160 valence electrons. The van der Waals surface area contributed by atoms with Crippen LogP contribution in [0.15, 0.2) is 84.7 Å². The van der Waals surface area contributed by atoms with Gasteiger partial charge in [-0.25, -0.2) is 4.79 Å². The van der Waals surface area contributed by atoms with E-state index in [4.69, 9.17) is 16.3 Å². The Bertz CT molecular complexity index is 1050. The molecule has 1 aliphatic rings. The summed E-state index contributed by atoms with van der Waals surface area (Å²) < 4.78 is 5.86. The van der Waals surface area contributed by atoms with Gasteiger partial charge in [-0.1, -0.05) is 48.5 Å². The van der Waals surface area contributed by atoms with Gasteiger partial charge in [0.25, 0.3) is 0 Å². The Labute approximate surface area is 186 Å². The van der Waals surface area contributed by atoms with Crippen molar-refractivity contribution in [3.63, 3.8) is 0 Å². The molecule has 0 aliphatic carbocycles. The summed E-state index contributed by atoms with van der Waals surface area (Å²) in [6.07, 6.45) is 6.09. The number of halogens is 1. The fourth-order valence-electron chi connectivity index (χ4n) is 3.29. The molecule has 1 heterocycles. The number of para-hydroxylation sites is 1. The molecule has 7 heteroatoms. The molecule has 0 spiro atoms. The molecule has 0 radical (unpaired) electrons. The zero-order valence-electron chi connectivity index (χ0n) is 17.4. The predicted molar refractivity (Wildman–Crippen MR) is 122 cm³/mol. The first-order chi connectivity index (χ1) is 14.8. The van der Waals surface area contributed by atoms with Crippen molar-refractivity contribution in [2.24, 2.45) is 0 Å². The number of allylic oxidation sites excluding steroid dienone is 3. The van der Waals surface area contributed by atoms with Crippen LogP contribution < -0.4 is 15.4 Å². The Morgan fingerprint density at radius 3 is 2.61 bits per heavy atom. The monoisotopic (exact) mass is 437 g/mol. The smallest absolute Gasteiger partial charge is 0.320 e. The second-order valence-electron chi connectivity index (χ2n) is 7.31. The largest absolute Gasteiger partial charge is 0.456 e. The maximum atomic E-state index is 12.1. The van der Waals surface area contributed by atoms with Crippen molar-refractivity contribution in [1.82, 2.24) is 15.5 Å². The lowest BCUT2D eigenvalue weighted by molar-refractivity contribution is -0.104. The number of hydrogen-bond acceptors (Lipinski definition) is 4. The van der Waals surface area contributed by atoms with Crippen molar-refractivity contribution in [3.8, 4) is 11.5 Å². The van der Waals surface area contributed by atoms with Gasteiger partial charge in [0.15, 0.2) is 0 Å². The zero-order valence-corrected chi connectivity index (χ0v) is 18.1. The van der Waals surface area contributed by atoms with Crippen LogP contribution in [0.3, 0.4) is 0 Å². The lowest BCUT2D eigenvalue weighted by Gasteiger charge is -2.33. The number of nitrogens with zero attached hydrogens (tertiary/aromatic N) is 1. The third-order valence-corrected chi connectivity index (χ3v) is 5.17. The van der Waals surface area contributed by atoms with Gasteiger partial charge in [-0.3, -0.25) is 4.79 Å². The summed E-state index contributed by atoms with van der Waals surface area (Å²) in [6.45, 7) is 6.17. The number of rotatable bonds is 8. The lowest BCUT2D eigenvalue weighted by atomic mass is 9.87. The highest BCUT2D eigenvalue weighted by Crippen LogP contribution is 2.37. The fraction of sp³-hybridized carbons (Fsp3) is 0.167. The molecule has 1 saturated heterocycles. The number of aldehydes is 1. The van der Waals surface area contributed by atoms with Crippen LogP contribution in [0.25, 0.3) is 0 Å². The minimum absolute atomic E-state index is 0.334. The van der Waals surface area contributed by atoms with Crippen molar-refractivity contribution < 1.29 is 14.3 Å². The molecule has 6 nitrogen and oxygen atoms in total. The van der Waals surface area contributed by atoms with E-state index in [1.807, 2.05) is 54.5 Å². The first-order valence-electron chi connectivity index (χ1n) is 9.66. The zero-order chi connectivity index (χ0) is 22.4. The van der Waals surface area contributed by atoms with E-state index in [0.29, 0.717) is 34.3 Å². The van der Waals surface area contributed by atoms with Crippen LogP contribution in [-0.2, 0) is 10.3 Å². The molecule has 0 bridgehead atoms. The summed E-state index contributed by atoms with van der Waals surface area (Å²) in [5.74, 6) is 1.19. The van der Waals surface area contributed by atoms with Crippen LogP contribution >= 0.6 is 11.6 Å². The molecule has 2 aromatic rings. The van der Waals surface area contributed by atoms with Crippen molar-refractivity contribution in [2.45, 2.75) is 12.5 Å².